The smallest absolute Gasteiger partial charge is 0.146 e. The van der Waals surface area contributed by atoms with Gasteiger partial charge in [-0.3, -0.25) is 4.90 Å². The van der Waals surface area contributed by atoms with Crippen LogP contribution in [0.4, 0.5) is 0 Å². The largest absolute Gasteiger partial charge is 0.426 e. The summed E-state index contributed by atoms with van der Waals surface area (Å²) in [6, 6.07) is 0.590. The van der Waals surface area contributed by atoms with E-state index >= 15 is 0 Å². The highest BCUT2D eigenvalue weighted by Crippen LogP contribution is 1.96. The highest BCUT2D eigenvalue weighted by Gasteiger charge is 2.07. The normalized spacial score (nSPS) is 14.4. The fraction of sp³-hybridized carbons (Fsp3) is 1.00. The van der Waals surface area contributed by atoms with Crippen LogP contribution in [0.1, 0.15) is 20.8 Å². The van der Waals surface area contributed by atoms with E-state index in [4.69, 9.17) is 4.43 Å². The maximum absolute atomic E-state index is 5.19. The van der Waals surface area contributed by atoms with Gasteiger partial charge in [0.05, 0.1) is 0 Å². The first kappa shape index (κ1) is 10.1. The van der Waals surface area contributed by atoms with E-state index in [1.54, 1.807) is 0 Å². The minimum absolute atomic E-state index is 0.590. The van der Waals surface area contributed by atoms with Crippen LogP contribution in [0.2, 0.25) is 0 Å². The van der Waals surface area contributed by atoms with Crippen molar-refractivity contribution in [1.29, 1.82) is 0 Å². The van der Waals surface area contributed by atoms with Crippen LogP contribution < -0.4 is 0 Å². The molecule has 0 amide bonds. The second-order valence-electron chi connectivity index (χ2n) is 2.53. The molecular weight excluding hydrogens is 142 g/mol. The number of rotatable bonds is 5. The highest BCUT2D eigenvalue weighted by molar-refractivity contribution is 5.97. The Balaban J connectivity index is 3.53. The molecule has 62 valence electrons. The third-order valence-electron chi connectivity index (χ3n) is 1.84. The average Bonchev–Trinajstić information content (AvgIpc) is 1.91. The number of likely N-dealkylation sites (N-methyl/N-ethyl adjacent to an activating group) is 1. The van der Waals surface area contributed by atoms with Crippen molar-refractivity contribution in [3.05, 3.63) is 0 Å². The van der Waals surface area contributed by atoms with E-state index in [9.17, 15) is 0 Å². The molecular formula is C7H19NOSi. The van der Waals surface area contributed by atoms with Gasteiger partial charge in [-0.25, -0.2) is 0 Å². The van der Waals surface area contributed by atoms with Crippen LogP contribution >= 0.6 is 0 Å². The van der Waals surface area contributed by atoms with Crippen LogP contribution in [-0.2, 0) is 4.43 Å². The molecule has 1 atom stereocenters. The molecule has 2 nitrogen and oxygen atoms in total. The van der Waals surface area contributed by atoms with Crippen molar-refractivity contribution in [2.45, 2.75) is 26.8 Å². The van der Waals surface area contributed by atoms with Gasteiger partial charge in [-0.2, -0.15) is 0 Å². The average molecular weight is 161 g/mol. The maximum atomic E-state index is 5.19. The van der Waals surface area contributed by atoms with E-state index in [1.165, 1.54) is 0 Å². The maximum Gasteiger partial charge on any atom is 0.146 e. The Labute approximate surface area is 67.1 Å². The SMILES string of the molecule is CCN(CC)C(C)CO[SiH3]. The van der Waals surface area contributed by atoms with Gasteiger partial charge < -0.3 is 4.43 Å². The van der Waals surface area contributed by atoms with Crippen LogP contribution in [0.3, 0.4) is 0 Å². The van der Waals surface area contributed by atoms with Gasteiger partial charge in [-0.05, 0) is 20.0 Å². The Hall–Kier alpha value is 0.137. The summed E-state index contributed by atoms with van der Waals surface area (Å²) in [5.74, 6) is 0. The molecule has 0 heterocycles. The molecule has 0 aromatic carbocycles. The first-order valence-corrected chi connectivity index (χ1v) is 4.80. The van der Waals surface area contributed by atoms with Gasteiger partial charge >= 0.3 is 0 Å². The van der Waals surface area contributed by atoms with Crippen molar-refractivity contribution < 1.29 is 4.43 Å². The van der Waals surface area contributed by atoms with Crippen LogP contribution in [-0.4, -0.2) is 41.1 Å². The Kier molecular flexibility index (Phi) is 5.97. The molecule has 0 radical (unpaired) electrons. The molecule has 0 saturated heterocycles. The minimum atomic E-state index is 0.590. The van der Waals surface area contributed by atoms with Crippen molar-refractivity contribution in [1.82, 2.24) is 4.90 Å². The standard InChI is InChI=1S/C7H19NOSi/c1-4-8(5-2)7(3)6-9-10/h7H,4-6H2,1-3,10H3. The summed E-state index contributed by atoms with van der Waals surface area (Å²) < 4.78 is 5.19. The summed E-state index contributed by atoms with van der Waals surface area (Å²) in [6.45, 7) is 9.74. The Morgan fingerprint density at radius 3 is 2.20 bits per heavy atom. The lowest BCUT2D eigenvalue weighted by Crippen LogP contribution is -2.35. The van der Waals surface area contributed by atoms with Crippen molar-refractivity contribution in [2.24, 2.45) is 0 Å². The van der Waals surface area contributed by atoms with E-state index in [0.717, 1.165) is 30.2 Å². The van der Waals surface area contributed by atoms with Crippen LogP contribution in [0.15, 0.2) is 0 Å². The molecule has 0 fully saturated rings. The zero-order chi connectivity index (χ0) is 7.98. The van der Waals surface area contributed by atoms with E-state index in [0.29, 0.717) is 6.04 Å². The molecule has 0 aromatic heterocycles. The quantitative estimate of drug-likeness (QED) is 0.527. The Bertz CT molecular complexity index is 76.0. The second kappa shape index (κ2) is 5.89. The molecule has 0 saturated carbocycles. The van der Waals surface area contributed by atoms with Gasteiger partial charge in [0.2, 0.25) is 0 Å². The monoisotopic (exact) mass is 161 g/mol. The fourth-order valence-corrected chi connectivity index (χ4v) is 1.68. The zero-order valence-corrected chi connectivity index (χ0v) is 9.55. The summed E-state index contributed by atoms with van der Waals surface area (Å²) in [5.41, 5.74) is 0. The van der Waals surface area contributed by atoms with Gasteiger partial charge in [0.25, 0.3) is 0 Å². The molecule has 0 aliphatic rings. The lowest BCUT2D eigenvalue weighted by molar-refractivity contribution is 0.165. The molecule has 0 aromatic rings. The van der Waals surface area contributed by atoms with E-state index in [1.807, 2.05) is 0 Å². The summed E-state index contributed by atoms with van der Waals surface area (Å²) in [7, 11) is 0.861. The number of hydrogen-bond donors (Lipinski definition) is 0. The Morgan fingerprint density at radius 1 is 1.40 bits per heavy atom. The predicted octanol–water partition coefficient (Wildman–Crippen LogP) is 0.0137. The van der Waals surface area contributed by atoms with Gasteiger partial charge in [0.15, 0.2) is 0 Å². The summed E-state index contributed by atoms with van der Waals surface area (Å²) in [5, 5.41) is 0. The summed E-state index contributed by atoms with van der Waals surface area (Å²) in [4.78, 5) is 2.40. The molecule has 0 N–H and O–H groups in total. The zero-order valence-electron chi connectivity index (χ0n) is 7.55. The third-order valence-corrected chi connectivity index (χ3v) is 2.18. The summed E-state index contributed by atoms with van der Waals surface area (Å²) in [6.07, 6.45) is 0. The fourth-order valence-electron chi connectivity index (χ4n) is 1.19. The van der Waals surface area contributed by atoms with Crippen molar-refractivity contribution in [3.8, 4) is 0 Å². The Morgan fingerprint density at radius 2 is 1.90 bits per heavy atom. The van der Waals surface area contributed by atoms with Crippen LogP contribution in [0, 0.1) is 0 Å². The molecule has 1 unspecified atom stereocenters. The van der Waals surface area contributed by atoms with E-state index in [-0.39, 0.29) is 0 Å². The molecule has 0 spiro atoms. The van der Waals surface area contributed by atoms with Gasteiger partial charge in [0.1, 0.15) is 10.5 Å². The first-order chi connectivity index (χ1) is 4.76. The molecule has 0 rings (SSSR count). The predicted molar refractivity (Wildman–Crippen MR) is 48.3 cm³/mol. The topological polar surface area (TPSA) is 12.5 Å². The lowest BCUT2D eigenvalue weighted by atomic mass is 10.3. The number of nitrogens with zero attached hydrogens (tertiary/aromatic N) is 1. The van der Waals surface area contributed by atoms with Crippen molar-refractivity contribution in [3.63, 3.8) is 0 Å². The molecule has 3 heteroatoms. The highest BCUT2D eigenvalue weighted by atomic mass is 28.2. The first-order valence-electron chi connectivity index (χ1n) is 3.99. The van der Waals surface area contributed by atoms with Crippen molar-refractivity contribution >= 4 is 10.5 Å². The van der Waals surface area contributed by atoms with Gasteiger partial charge in [-0.15, -0.1) is 0 Å². The van der Waals surface area contributed by atoms with E-state index in [2.05, 4.69) is 25.7 Å². The summed E-state index contributed by atoms with van der Waals surface area (Å²) >= 11 is 0. The van der Waals surface area contributed by atoms with Gasteiger partial charge in [-0.1, -0.05) is 13.8 Å². The van der Waals surface area contributed by atoms with E-state index < -0.39 is 0 Å². The molecule has 0 bridgehead atoms. The van der Waals surface area contributed by atoms with Crippen LogP contribution in [0.25, 0.3) is 0 Å². The number of hydrogen-bond acceptors (Lipinski definition) is 2. The minimum Gasteiger partial charge on any atom is -0.426 e. The molecule has 10 heavy (non-hydrogen) atoms. The van der Waals surface area contributed by atoms with Crippen molar-refractivity contribution in [2.75, 3.05) is 19.7 Å². The van der Waals surface area contributed by atoms with Gasteiger partial charge in [0, 0.05) is 12.6 Å². The second-order valence-corrected chi connectivity index (χ2v) is 3.10. The lowest BCUT2D eigenvalue weighted by Gasteiger charge is -2.25. The van der Waals surface area contributed by atoms with Crippen LogP contribution in [0.5, 0.6) is 0 Å². The molecule has 0 aliphatic carbocycles. The third kappa shape index (κ3) is 3.34. The molecule has 0 aliphatic heterocycles.